The Kier molecular flexibility index (Phi) is 4.44. The lowest BCUT2D eigenvalue weighted by Crippen LogP contribution is -2.33. The number of anilines is 1. The highest BCUT2D eigenvalue weighted by Gasteiger charge is 2.28. The number of nitrogens with one attached hydrogen (secondary N) is 1. The van der Waals surface area contributed by atoms with Crippen molar-refractivity contribution in [1.29, 1.82) is 5.26 Å². The van der Waals surface area contributed by atoms with Gasteiger partial charge in [0.15, 0.2) is 0 Å². The van der Waals surface area contributed by atoms with Crippen LogP contribution in [0, 0.1) is 17.2 Å². The van der Waals surface area contributed by atoms with Crippen molar-refractivity contribution < 1.29 is 0 Å². The highest BCUT2D eigenvalue weighted by molar-refractivity contribution is 5.46. The van der Waals surface area contributed by atoms with E-state index in [0.29, 0.717) is 12.1 Å². The van der Waals surface area contributed by atoms with Crippen LogP contribution in [-0.2, 0) is 0 Å². The SMILES string of the molecule is CC(NC1CCCC1C#N)c1ccc(N(C)C)cc1. The summed E-state index contributed by atoms with van der Waals surface area (Å²) in [5, 5.41) is 12.7. The van der Waals surface area contributed by atoms with Gasteiger partial charge in [0.25, 0.3) is 0 Å². The van der Waals surface area contributed by atoms with Gasteiger partial charge in [-0.05, 0) is 37.5 Å². The fourth-order valence-electron chi connectivity index (χ4n) is 2.79. The minimum absolute atomic E-state index is 0.184. The van der Waals surface area contributed by atoms with Gasteiger partial charge in [0.2, 0.25) is 0 Å². The molecule has 0 heterocycles. The maximum Gasteiger partial charge on any atom is 0.0672 e. The van der Waals surface area contributed by atoms with Gasteiger partial charge in [0.05, 0.1) is 12.0 Å². The second kappa shape index (κ2) is 6.08. The van der Waals surface area contributed by atoms with Crippen molar-refractivity contribution in [3.05, 3.63) is 29.8 Å². The predicted octanol–water partition coefficient (Wildman–Crippen LogP) is 3.10. The van der Waals surface area contributed by atoms with Gasteiger partial charge in [-0.3, -0.25) is 0 Å². The maximum atomic E-state index is 9.12. The average molecular weight is 257 g/mol. The van der Waals surface area contributed by atoms with Gasteiger partial charge in [-0.15, -0.1) is 0 Å². The molecule has 0 aromatic heterocycles. The molecule has 1 aliphatic rings. The van der Waals surface area contributed by atoms with Crippen LogP contribution in [-0.4, -0.2) is 20.1 Å². The Hall–Kier alpha value is -1.53. The van der Waals surface area contributed by atoms with Gasteiger partial charge < -0.3 is 10.2 Å². The van der Waals surface area contributed by atoms with Gasteiger partial charge in [-0.25, -0.2) is 0 Å². The molecular formula is C16H23N3. The molecule has 0 bridgehead atoms. The van der Waals surface area contributed by atoms with Gasteiger partial charge in [0, 0.05) is 31.9 Å². The molecule has 0 aliphatic heterocycles. The standard InChI is InChI=1S/C16H23N3/c1-12(18-16-6-4-5-14(16)11-17)13-7-9-15(10-8-13)19(2)3/h7-10,12,14,16,18H,4-6H2,1-3H3. The molecule has 1 aromatic rings. The Labute approximate surface area is 116 Å². The summed E-state index contributed by atoms with van der Waals surface area (Å²) in [4.78, 5) is 2.10. The maximum absolute atomic E-state index is 9.12. The van der Waals surface area contributed by atoms with E-state index in [0.717, 1.165) is 12.8 Å². The van der Waals surface area contributed by atoms with Crippen LogP contribution in [0.3, 0.4) is 0 Å². The van der Waals surface area contributed by atoms with Crippen LogP contribution in [0.4, 0.5) is 5.69 Å². The zero-order chi connectivity index (χ0) is 13.8. The molecular weight excluding hydrogens is 234 g/mol. The van der Waals surface area contributed by atoms with Crippen molar-refractivity contribution in [2.45, 2.75) is 38.3 Å². The molecule has 1 saturated carbocycles. The molecule has 0 amide bonds. The number of nitriles is 1. The number of hydrogen-bond donors (Lipinski definition) is 1. The summed E-state index contributed by atoms with van der Waals surface area (Å²) in [6, 6.07) is 11.7. The second-order valence-corrected chi connectivity index (χ2v) is 5.65. The molecule has 3 atom stereocenters. The monoisotopic (exact) mass is 257 g/mol. The summed E-state index contributed by atoms with van der Waals surface area (Å²) in [7, 11) is 4.10. The van der Waals surface area contributed by atoms with Crippen molar-refractivity contribution in [3.8, 4) is 6.07 Å². The normalized spacial score (nSPS) is 23.9. The average Bonchev–Trinajstić information content (AvgIpc) is 2.86. The molecule has 2 rings (SSSR count). The van der Waals surface area contributed by atoms with Crippen LogP contribution in [0.2, 0.25) is 0 Å². The summed E-state index contributed by atoms with van der Waals surface area (Å²) < 4.78 is 0. The minimum atomic E-state index is 0.184. The lowest BCUT2D eigenvalue weighted by Gasteiger charge is -2.22. The Morgan fingerprint density at radius 2 is 1.95 bits per heavy atom. The molecule has 1 N–H and O–H groups in total. The van der Waals surface area contributed by atoms with Gasteiger partial charge in [-0.1, -0.05) is 18.6 Å². The molecule has 0 radical (unpaired) electrons. The quantitative estimate of drug-likeness (QED) is 0.901. The molecule has 0 spiro atoms. The Bertz CT molecular complexity index is 444. The lowest BCUT2D eigenvalue weighted by atomic mass is 10.0. The zero-order valence-corrected chi connectivity index (χ0v) is 12.1. The molecule has 3 heteroatoms. The second-order valence-electron chi connectivity index (χ2n) is 5.65. The van der Waals surface area contributed by atoms with E-state index in [1.807, 2.05) is 14.1 Å². The van der Waals surface area contributed by atoms with Crippen LogP contribution in [0.1, 0.15) is 37.8 Å². The first-order chi connectivity index (χ1) is 9.11. The van der Waals surface area contributed by atoms with Crippen molar-refractivity contribution >= 4 is 5.69 Å². The van der Waals surface area contributed by atoms with E-state index in [1.54, 1.807) is 0 Å². The molecule has 1 aliphatic carbocycles. The number of benzene rings is 1. The van der Waals surface area contributed by atoms with Gasteiger partial charge >= 0.3 is 0 Å². The van der Waals surface area contributed by atoms with E-state index >= 15 is 0 Å². The summed E-state index contributed by atoms with van der Waals surface area (Å²) in [6.07, 6.45) is 3.33. The summed E-state index contributed by atoms with van der Waals surface area (Å²) in [6.45, 7) is 2.18. The van der Waals surface area contributed by atoms with Crippen LogP contribution in [0.25, 0.3) is 0 Å². The zero-order valence-electron chi connectivity index (χ0n) is 12.1. The van der Waals surface area contributed by atoms with Gasteiger partial charge in [0.1, 0.15) is 0 Å². The van der Waals surface area contributed by atoms with Crippen molar-refractivity contribution in [2.75, 3.05) is 19.0 Å². The highest BCUT2D eigenvalue weighted by Crippen LogP contribution is 2.27. The van der Waals surface area contributed by atoms with Crippen molar-refractivity contribution in [1.82, 2.24) is 5.32 Å². The van der Waals surface area contributed by atoms with E-state index in [2.05, 4.69) is 47.5 Å². The van der Waals surface area contributed by atoms with Crippen molar-refractivity contribution in [2.24, 2.45) is 5.92 Å². The van der Waals surface area contributed by atoms with Crippen LogP contribution < -0.4 is 10.2 Å². The van der Waals surface area contributed by atoms with E-state index in [4.69, 9.17) is 5.26 Å². The third kappa shape index (κ3) is 3.27. The van der Waals surface area contributed by atoms with E-state index < -0.39 is 0 Å². The fraction of sp³-hybridized carbons (Fsp3) is 0.562. The molecule has 1 fully saturated rings. The van der Waals surface area contributed by atoms with E-state index in [-0.39, 0.29) is 5.92 Å². The fourth-order valence-corrected chi connectivity index (χ4v) is 2.79. The molecule has 0 saturated heterocycles. The summed E-state index contributed by atoms with van der Waals surface area (Å²) in [5.41, 5.74) is 2.50. The molecule has 3 nitrogen and oxygen atoms in total. The third-order valence-corrected chi connectivity index (χ3v) is 4.06. The first-order valence-electron chi connectivity index (χ1n) is 7.04. The molecule has 1 aromatic carbocycles. The Morgan fingerprint density at radius 1 is 1.26 bits per heavy atom. The Balaban J connectivity index is 2.00. The smallest absolute Gasteiger partial charge is 0.0672 e. The third-order valence-electron chi connectivity index (χ3n) is 4.06. The summed E-state index contributed by atoms with van der Waals surface area (Å²) in [5.74, 6) is 0.184. The lowest BCUT2D eigenvalue weighted by molar-refractivity contribution is 0.417. The molecule has 102 valence electrons. The van der Waals surface area contributed by atoms with Gasteiger partial charge in [-0.2, -0.15) is 5.26 Å². The minimum Gasteiger partial charge on any atom is -0.378 e. The van der Waals surface area contributed by atoms with Crippen LogP contribution in [0.5, 0.6) is 0 Å². The predicted molar refractivity (Wildman–Crippen MR) is 79.1 cm³/mol. The molecule has 3 unspecified atom stereocenters. The number of nitrogens with zero attached hydrogens (tertiary/aromatic N) is 2. The topological polar surface area (TPSA) is 39.1 Å². The Morgan fingerprint density at radius 3 is 2.53 bits per heavy atom. The molecule has 19 heavy (non-hydrogen) atoms. The van der Waals surface area contributed by atoms with E-state index in [9.17, 15) is 0 Å². The van der Waals surface area contributed by atoms with Crippen LogP contribution in [0.15, 0.2) is 24.3 Å². The first-order valence-corrected chi connectivity index (χ1v) is 7.04. The number of hydrogen-bond acceptors (Lipinski definition) is 3. The van der Waals surface area contributed by atoms with E-state index in [1.165, 1.54) is 17.7 Å². The first kappa shape index (κ1) is 13.9. The van der Waals surface area contributed by atoms with Crippen LogP contribution >= 0.6 is 0 Å². The highest BCUT2D eigenvalue weighted by atomic mass is 15.1. The summed E-state index contributed by atoms with van der Waals surface area (Å²) >= 11 is 0. The van der Waals surface area contributed by atoms with Crippen molar-refractivity contribution in [3.63, 3.8) is 0 Å². The number of rotatable bonds is 4. The largest absolute Gasteiger partial charge is 0.378 e.